The molecule has 0 N–H and O–H groups in total. The molecule has 0 atom stereocenters. The van der Waals surface area contributed by atoms with Crippen LogP contribution in [0.25, 0.3) is 22.6 Å². The van der Waals surface area contributed by atoms with E-state index < -0.39 is 17.6 Å². The van der Waals surface area contributed by atoms with E-state index in [0.29, 0.717) is 34.4 Å². The van der Waals surface area contributed by atoms with Crippen molar-refractivity contribution in [3.63, 3.8) is 0 Å². The summed E-state index contributed by atoms with van der Waals surface area (Å²) >= 11 is 5.95. The molecule has 2 heterocycles. The van der Waals surface area contributed by atoms with Crippen LogP contribution >= 0.6 is 11.6 Å². The van der Waals surface area contributed by atoms with Crippen LogP contribution in [-0.2, 0) is 12.6 Å². The topological polar surface area (TPSA) is 38.9 Å². The van der Waals surface area contributed by atoms with Gasteiger partial charge in [-0.2, -0.15) is 13.2 Å². The maximum Gasteiger partial charge on any atom is 0.416 e. The molecule has 152 valence electrons. The Labute approximate surface area is 173 Å². The van der Waals surface area contributed by atoms with Crippen molar-refractivity contribution in [2.24, 2.45) is 0 Å². The molecule has 0 bridgehead atoms. The van der Waals surface area contributed by atoms with Crippen LogP contribution in [0.4, 0.5) is 17.6 Å². The molecule has 0 saturated heterocycles. The molecular weight excluding hydrogens is 420 g/mol. The highest BCUT2D eigenvalue weighted by Crippen LogP contribution is 2.37. The summed E-state index contributed by atoms with van der Waals surface area (Å²) in [5.41, 5.74) is 0.984. The first-order valence-electron chi connectivity index (χ1n) is 8.83. The first-order valence-corrected chi connectivity index (χ1v) is 9.21. The van der Waals surface area contributed by atoms with Crippen molar-refractivity contribution in [1.82, 2.24) is 10.1 Å². The van der Waals surface area contributed by atoms with Gasteiger partial charge in [-0.05, 0) is 54.1 Å². The van der Waals surface area contributed by atoms with E-state index in [0.717, 1.165) is 17.7 Å². The summed E-state index contributed by atoms with van der Waals surface area (Å²) in [6, 6.07) is 12.7. The van der Waals surface area contributed by atoms with Gasteiger partial charge in [0, 0.05) is 40.5 Å². The van der Waals surface area contributed by atoms with Crippen molar-refractivity contribution < 1.29 is 22.1 Å². The molecule has 0 amide bonds. The van der Waals surface area contributed by atoms with Gasteiger partial charge < -0.3 is 4.52 Å². The SMILES string of the molecule is Fc1cc(C(F)(F)F)ccc1-c1noc(-c2ccc(Cl)cc2)c1Cc1cccnc1. The lowest BCUT2D eigenvalue weighted by Gasteiger charge is -2.09. The van der Waals surface area contributed by atoms with Crippen LogP contribution < -0.4 is 0 Å². The van der Waals surface area contributed by atoms with E-state index in [-0.39, 0.29) is 11.3 Å². The number of pyridine rings is 1. The molecule has 0 aliphatic rings. The highest BCUT2D eigenvalue weighted by molar-refractivity contribution is 6.30. The summed E-state index contributed by atoms with van der Waals surface area (Å²) in [6.07, 6.45) is -1.08. The molecule has 0 aliphatic carbocycles. The molecule has 0 aliphatic heterocycles. The van der Waals surface area contributed by atoms with E-state index in [1.807, 2.05) is 6.07 Å². The standard InChI is InChI=1S/C22H13ClF4N2O/c23-16-6-3-14(4-7-16)21-18(10-13-2-1-9-28-12-13)20(29-30-21)17-8-5-15(11-19(17)24)22(25,26)27/h1-9,11-12H,10H2. The molecule has 8 heteroatoms. The second kappa shape index (κ2) is 7.91. The van der Waals surface area contributed by atoms with Crippen molar-refractivity contribution in [2.75, 3.05) is 0 Å². The van der Waals surface area contributed by atoms with Crippen molar-refractivity contribution in [3.8, 4) is 22.6 Å². The van der Waals surface area contributed by atoms with Gasteiger partial charge in [0.1, 0.15) is 11.5 Å². The Balaban J connectivity index is 1.85. The van der Waals surface area contributed by atoms with Gasteiger partial charge in [0.15, 0.2) is 5.76 Å². The molecule has 0 fully saturated rings. The van der Waals surface area contributed by atoms with Crippen molar-refractivity contribution in [2.45, 2.75) is 12.6 Å². The number of halogens is 5. The van der Waals surface area contributed by atoms with Crippen molar-refractivity contribution in [3.05, 3.63) is 94.5 Å². The smallest absolute Gasteiger partial charge is 0.355 e. The van der Waals surface area contributed by atoms with Gasteiger partial charge in [-0.25, -0.2) is 4.39 Å². The summed E-state index contributed by atoms with van der Waals surface area (Å²) in [5.74, 6) is -0.655. The third kappa shape index (κ3) is 4.07. The van der Waals surface area contributed by atoms with E-state index in [1.165, 1.54) is 0 Å². The summed E-state index contributed by atoms with van der Waals surface area (Å²) < 4.78 is 58.9. The van der Waals surface area contributed by atoms with Crippen LogP contribution in [0.5, 0.6) is 0 Å². The average molecular weight is 433 g/mol. The average Bonchev–Trinajstić information content (AvgIpc) is 3.12. The predicted molar refractivity (Wildman–Crippen MR) is 104 cm³/mol. The molecule has 3 nitrogen and oxygen atoms in total. The molecule has 4 aromatic rings. The van der Waals surface area contributed by atoms with Gasteiger partial charge >= 0.3 is 6.18 Å². The molecule has 30 heavy (non-hydrogen) atoms. The first kappa shape index (κ1) is 20.1. The third-order valence-corrected chi connectivity index (χ3v) is 4.80. The highest BCUT2D eigenvalue weighted by Gasteiger charge is 2.32. The molecule has 0 saturated carbocycles. The van der Waals surface area contributed by atoms with E-state index in [2.05, 4.69) is 10.1 Å². The summed E-state index contributed by atoms with van der Waals surface area (Å²) in [5, 5.41) is 4.51. The van der Waals surface area contributed by atoms with Gasteiger partial charge in [0.05, 0.1) is 5.56 Å². The van der Waals surface area contributed by atoms with Crippen LogP contribution in [0.3, 0.4) is 0 Å². The van der Waals surface area contributed by atoms with Gasteiger partial charge in [-0.1, -0.05) is 22.8 Å². The van der Waals surface area contributed by atoms with Crippen LogP contribution in [0, 0.1) is 5.82 Å². The Morgan fingerprint density at radius 2 is 1.77 bits per heavy atom. The minimum atomic E-state index is -4.64. The quantitative estimate of drug-likeness (QED) is 0.333. The van der Waals surface area contributed by atoms with Crippen LogP contribution in [0.15, 0.2) is 71.5 Å². The maximum atomic E-state index is 14.6. The van der Waals surface area contributed by atoms with E-state index in [4.69, 9.17) is 16.1 Å². The van der Waals surface area contributed by atoms with Crippen LogP contribution in [0.1, 0.15) is 16.7 Å². The molecular formula is C22H13ClF4N2O. The van der Waals surface area contributed by atoms with Crippen molar-refractivity contribution in [1.29, 1.82) is 0 Å². The zero-order valence-corrected chi connectivity index (χ0v) is 16.0. The summed E-state index contributed by atoms with van der Waals surface area (Å²) in [4.78, 5) is 4.07. The van der Waals surface area contributed by atoms with Crippen LogP contribution in [-0.4, -0.2) is 10.1 Å². The Bertz CT molecular complexity index is 1170. The van der Waals surface area contributed by atoms with Crippen LogP contribution in [0.2, 0.25) is 5.02 Å². The predicted octanol–water partition coefficient (Wildman–Crippen LogP) is 6.81. The number of alkyl halides is 3. The Kier molecular flexibility index (Phi) is 5.30. The number of nitrogens with zero attached hydrogens (tertiary/aromatic N) is 2. The Morgan fingerprint density at radius 1 is 1.00 bits per heavy atom. The lowest BCUT2D eigenvalue weighted by atomic mass is 9.96. The lowest BCUT2D eigenvalue weighted by molar-refractivity contribution is -0.137. The minimum Gasteiger partial charge on any atom is -0.355 e. The Hall–Kier alpha value is -3.19. The lowest BCUT2D eigenvalue weighted by Crippen LogP contribution is -2.05. The summed E-state index contributed by atoms with van der Waals surface area (Å²) in [7, 11) is 0. The number of benzene rings is 2. The number of hydrogen-bond donors (Lipinski definition) is 0. The molecule has 0 unspecified atom stereocenters. The zero-order valence-electron chi connectivity index (χ0n) is 15.3. The van der Waals surface area contributed by atoms with Crippen molar-refractivity contribution >= 4 is 11.6 Å². The van der Waals surface area contributed by atoms with E-state index >= 15 is 0 Å². The zero-order chi connectivity index (χ0) is 21.3. The fraction of sp³-hybridized carbons (Fsp3) is 0.0909. The molecule has 2 aromatic heterocycles. The first-order chi connectivity index (χ1) is 14.3. The third-order valence-electron chi connectivity index (χ3n) is 4.55. The molecule has 0 radical (unpaired) electrons. The van der Waals surface area contributed by atoms with Gasteiger partial charge in [-0.15, -0.1) is 0 Å². The second-order valence-electron chi connectivity index (χ2n) is 6.58. The maximum absolute atomic E-state index is 14.6. The molecule has 4 rings (SSSR count). The number of hydrogen-bond acceptors (Lipinski definition) is 3. The fourth-order valence-electron chi connectivity index (χ4n) is 3.10. The minimum absolute atomic E-state index is 0.0779. The molecule has 2 aromatic carbocycles. The van der Waals surface area contributed by atoms with E-state index in [1.54, 1.807) is 42.7 Å². The Morgan fingerprint density at radius 3 is 2.40 bits per heavy atom. The van der Waals surface area contributed by atoms with Gasteiger partial charge in [0.2, 0.25) is 0 Å². The van der Waals surface area contributed by atoms with Gasteiger partial charge in [0.25, 0.3) is 0 Å². The highest BCUT2D eigenvalue weighted by atomic mass is 35.5. The second-order valence-corrected chi connectivity index (χ2v) is 7.01. The molecule has 0 spiro atoms. The number of aromatic nitrogens is 2. The normalized spacial score (nSPS) is 11.6. The van der Waals surface area contributed by atoms with Gasteiger partial charge in [-0.3, -0.25) is 4.98 Å². The monoisotopic (exact) mass is 432 g/mol. The fourth-order valence-corrected chi connectivity index (χ4v) is 3.23. The largest absolute Gasteiger partial charge is 0.416 e. The number of rotatable bonds is 4. The van der Waals surface area contributed by atoms with E-state index in [9.17, 15) is 17.6 Å². The summed E-state index contributed by atoms with van der Waals surface area (Å²) in [6.45, 7) is 0.